The van der Waals surface area contributed by atoms with E-state index in [1.807, 2.05) is 48.0 Å². The van der Waals surface area contributed by atoms with Crippen LogP contribution in [0.3, 0.4) is 0 Å². The van der Waals surface area contributed by atoms with Crippen LogP contribution >= 0.6 is 0 Å². The number of para-hydroxylation sites is 2. The van der Waals surface area contributed by atoms with E-state index in [0.717, 1.165) is 28.8 Å². The second-order valence-electron chi connectivity index (χ2n) is 6.47. The summed E-state index contributed by atoms with van der Waals surface area (Å²) in [6, 6.07) is 14.0. The van der Waals surface area contributed by atoms with Crippen molar-refractivity contribution < 1.29 is 9.26 Å². The SMILES string of the molecule is Cc1cccc2c1OC(c1nc(CCn3nnc4ccccc43)no1)C2. The first kappa shape index (κ1) is 15.1. The second kappa shape index (κ2) is 5.94. The average molecular weight is 347 g/mol. The van der Waals surface area contributed by atoms with Crippen LogP contribution in [0.5, 0.6) is 5.75 Å². The van der Waals surface area contributed by atoms with Crippen molar-refractivity contribution in [2.45, 2.75) is 32.4 Å². The zero-order valence-corrected chi connectivity index (χ0v) is 14.3. The van der Waals surface area contributed by atoms with Gasteiger partial charge < -0.3 is 9.26 Å². The highest BCUT2D eigenvalue weighted by molar-refractivity contribution is 5.73. The average Bonchev–Trinajstić information content (AvgIpc) is 3.38. The van der Waals surface area contributed by atoms with E-state index in [2.05, 4.69) is 26.5 Å². The third-order valence-electron chi connectivity index (χ3n) is 4.69. The smallest absolute Gasteiger partial charge is 0.268 e. The molecule has 0 radical (unpaired) electrons. The number of hydrogen-bond donors (Lipinski definition) is 0. The lowest BCUT2D eigenvalue weighted by Crippen LogP contribution is -2.06. The number of ether oxygens (including phenoxy) is 1. The molecule has 0 spiro atoms. The minimum absolute atomic E-state index is 0.209. The zero-order chi connectivity index (χ0) is 17.5. The Labute approximate surface area is 149 Å². The van der Waals surface area contributed by atoms with Crippen molar-refractivity contribution in [1.29, 1.82) is 0 Å². The summed E-state index contributed by atoms with van der Waals surface area (Å²) in [4.78, 5) is 4.52. The molecule has 0 bridgehead atoms. The molecule has 7 heteroatoms. The maximum Gasteiger partial charge on any atom is 0.268 e. The van der Waals surface area contributed by atoms with Crippen molar-refractivity contribution in [2.75, 3.05) is 0 Å². The number of benzene rings is 2. The number of aryl methyl sites for hydroxylation is 3. The van der Waals surface area contributed by atoms with Crippen LogP contribution in [0.1, 0.15) is 28.9 Å². The summed E-state index contributed by atoms with van der Waals surface area (Å²) >= 11 is 0. The van der Waals surface area contributed by atoms with Gasteiger partial charge in [-0.2, -0.15) is 4.98 Å². The van der Waals surface area contributed by atoms with E-state index in [-0.39, 0.29) is 6.10 Å². The molecular formula is C19H17N5O2. The number of fused-ring (bicyclic) bond motifs is 2. The van der Waals surface area contributed by atoms with Gasteiger partial charge in [-0.15, -0.1) is 5.10 Å². The molecule has 1 unspecified atom stereocenters. The molecular weight excluding hydrogens is 330 g/mol. The first-order chi connectivity index (χ1) is 12.8. The Morgan fingerprint density at radius 1 is 1.15 bits per heavy atom. The molecule has 0 amide bonds. The molecule has 4 aromatic rings. The van der Waals surface area contributed by atoms with Crippen molar-refractivity contribution in [3.8, 4) is 5.75 Å². The lowest BCUT2D eigenvalue weighted by Gasteiger charge is -2.06. The number of nitrogens with zero attached hydrogens (tertiary/aromatic N) is 5. The summed E-state index contributed by atoms with van der Waals surface area (Å²) in [6.07, 6.45) is 1.17. The molecule has 1 atom stereocenters. The van der Waals surface area contributed by atoms with Gasteiger partial charge in [0, 0.05) is 12.8 Å². The van der Waals surface area contributed by atoms with Crippen LogP contribution < -0.4 is 4.74 Å². The Kier molecular flexibility index (Phi) is 3.44. The van der Waals surface area contributed by atoms with E-state index >= 15 is 0 Å². The molecule has 2 aromatic heterocycles. The van der Waals surface area contributed by atoms with Crippen LogP contribution in [-0.2, 0) is 19.4 Å². The molecule has 0 saturated heterocycles. The van der Waals surface area contributed by atoms with E-state index in [1.54, 1.807) is 0 Å². The second-order valence-corrected chi connectivity index (χ2v) is 6.47. The Balaban J connectivity index is 1.30. The molecule has 3 heterocycles. The minimum atomic E-state index is -0.209. The van der Waals surface area contributed by atoms with Crippen LogP contribution in [0.4, 0.5) is 0 Å². The summed E-state index contributed by atoms with van der Waals surface area (Å²) < 4.78 is 13.3. The molecule has 7 nitrogen and oxygen atoms in total. The van der Waals surface area contributed by atoms with Gasteiger partial charge in [0.15, 0.2) is 11.9 Å². The highest BCUT2D eigenvalue weighted by atomic mass is 16.5. The Morgan fingerprint density at radius 3 is 3.00 bits per heavy atom. The fourth-order valence-corrected chi connectivity index (χ4v) is 3.35. The summed E-state index contributed by atoms with van der Waals surface area (Å²) in [5.74, 6) is 2.11. The van der Waals surface area contributed by atoms with Crippen LogP contribution in [0.2, 0.25) is 0 Å². The van der Waals surface area contributed by atoms with E-state index < -0.39 is 0 Å². The molecule has 2 aromatic carbocycles. The van der Waals surface area contributed by atoms with Gasteiger partial charge in [-0.05, 0) is 30.2 Å². The molecule has 1 aliphatic rings. The third-order valence-corrected chi connectivity index (χ3v) is 4.69. The molecule has 0 saturated carbocycles. The van der Waals surface area contributed by atoms with Gasteiger partial charge in [-0.3, -0.25) is 0 Å². The molecule has 0 aliphatic carbocycles. The summed E-state index contributed by atoms with van der Waals surface area (Å²) in [5, 5.41) is 12.4. The van der Waals surface area contributed by atoms with Gasteiger partial charge in [0.1, 0.15) is 11.3 Å². The Hall–Kier alpha value is -3.22. The lowest BCUT2D eigenvalue weighted by molar-refractivity contribution is 0.182. The zero-order valence-electron chi connectivity index (χ0n) is 14.3. The number of aromatic nitrogens is 5. The first-order valence-corrected chi connectivity index (χ1v) is 8.64. The number of rotatable bonds is 4. The van der Waals surface area contributed by atoms with Crippen molar-refractivity contribution >= 4 is 11.0 Å². The fourth-order valence-electron chi connectivity index (χ4n) is 3.35. The predicted octanol–water partition coefficient (Wildman–Crippen LogP) is 3.04. The van der Waals surface area contributed by atoms with E-state index in [4.69, 9.17) is 9.26 Å². The van der Waals surface area contributed by atoms with Crippen LogP contribution in [0.15, 0.2) is 47.0 Å². The van der Waals surface area contributed by atoms with Crippen molar-refractivity contribution in [3.05, 3.63) is 65.3 Å². The lowest BCUT2D eigenvalue weighted by atomic mass is 10.1. The quantitative estimate of drug-likeness (QED) is 0.564. The van der Waals surface area contributed by atoms with Crippen LogP contribution in [-0.4, -0.2) is 25.1 Å². The maximum absolute atomic E-state index is 6.02. The van der Waals surface area contributed by atoms with Crippen molar-refractivity contribution in [2.24, 2.45) is 0 Å². The van der Waals surface area contributed by atoms with Gasteiger partial charge in [0.25, 0.3) is 5.89 Å². The molecule has 0 fully saturated rings. The van der Waals surface area contributed by atoms with Gasteiger partial charge in [-0.1, -0.05) is 40.7 Å². The Morgan fingerprint density at radius 2 is 2.08 bits per heavy atom. The van der Waals surface area contributed by atoms with Gasteiger partial charge in [0.2, 0.25) is 0 Å². The highest BCUT2D eigenvalue weighted by Crippen LogP contribution is 2.38. The predicted molar refractivity (Wildman–Crippen MR) is 93.8 cm³/mol. The molecule has 130 valence electrons. The van der Waals surface area contributed by atoms with E-state index in [1.165, 1.54) is 5.56 Å². The maximum atomic E-state index is 6.02. The number of hydrogen-bond acceptors (Lipinski definition) is 6. The van der Waals surface area contributed by atoms with Gasteiger partial charge in [0.05, 0.1) is 12.1 Å². The summed E-state index contributed by atoms with van der Waals surface area (Å²) in [6.45, 7) is 2.69. The standard InChI is InChI=1S/C19H17N5O2/c1-12-5-4-6-13-11-16(25-18(12)13)19-20-17(22-26-19)9-10-24-15-8-3-2-7-14(15)21-23-24/h2-8,16H,9-11H2,1H3. The molecule has 1 aliphatic heterocycles. The molecule has 26 heavy (non-hydrogen) atoms. The summed E-state index contributed by atoms with van der Waals surface area (Å²) in [5.41, 5.74) is 4.20. The highest BCUT2D eigenvalue weighted by Gasteiger charge is 2.30. The van der Waals surface area contributed by atoms with E-state index in [9.17, 15) is 0 Å². The van der Waals surface area contributed by atoms with Crippen molar-refractivity contribution in [1.82, 2.24) is 25.1 Å². The largest absolute Gasteiger partial charge is 0.480 e. The first-order valence-electron chi connectivity index (χ1n) is 8.64. The van der Waals surface area contributed by atoms with Crippen LogP contribution in [0, 0.1) is 6.92 Å². The minimum Gasteiger partial charge on any atom is -0.480 e. The van der Waals surface area contributed by atoms with Gasteiger partial charge >= 0.3 is 0 Å². The third kappa shape index (κ3) is 2.52. The normalized spacial score (nSPS) is 16.0. The molecule has 5 rings (SSSR count). The Bertz CT molecular complexity index is 1080. The topological polar surface area (TPSA) is 78.9 Å². The monoisotopic (exact) mass is 347 g/mol. The van der Waals surface area contributed by atoms with Crippen molar-refractivity contribution in [3.63, 3.8) is 0 Å². The van der Waals surface area contributed by atoms with Crippen LogP contribution in [0.25, 0.3) is 11.0 Å². The fraction of sp³-hybridized carbons (Fsp3) is 0.263. The van der Waals surface area contributed by atoms with E-state index in [0.29, 0.717) is 24.7 Å². The molecule has 0 N–H and O–H groups in total. The van der Waals surface area contributed by atoms with Gasteiger partial charge in [-0.25, -0.2) is 4.68 Å². The summed E-state index contributed by atoms with van der Waals surface area (Å²) in [7, 11) is 0.